The molecule has 2 atom stereocenters. The van der Waals surface area contributed by atoms with E-state index in [1.165, 1.54) is 7.05 Å². The lowest BCUT2D eigenvalue weighted by atomic mass is 10.1. The molecule has 2 aliphatic carbocycles. The number of amides is 3. The van der Waals surface area contributed by atoms with E-state index in [1.54, 1.807) is 52.1 Å². The van der Waals surface area contributed by atoms with Gasteiger partial charge < -0.3 is 10.4 Å². The second kappa shape index (κ2) is 7.24. The van der Waals surface area contributed by atoms with Crippen LogP contribution in [0.2, 0.25) is 0 Å². The second-order valence-corrected chi connectivity index (χ2v) is 7.79. The number of urea groups is 1. The van der Waals surface area contributed by atoms with Crippen LogP contribution in [0.5, 0.6) is 0 Å². The van der Waals surface area contributed by atoms with Crippen molar-refractivity contribution in [3.63, 3.8) is 0 Å². The van der Waals surface area contributed by atoms with Crippen LogP contribution in [-0.2, 0) is 6.42 Å². The number of carbonyl (C=O) groups excluding carboxylic acids is 2. The molecule has 0 bridgehead atoms. The number of hydrogen-bond acceptors (Lipinski definition) is 6. The van der Waals surface area contributed by atoms with Gasteiger partial charge in [0, 0.05) is 18.5 Å². The Morgan fingerprint density at radius 2 is 2.09 bits per heavy atom. The first-order valence-electron chi connectivity index (χ1n) is 10.0. The molecule has 3 amide bonds. The molecule has 1 saturated carbocycles. The van der Waals surface area contributed by atoms with E-state index in [-0.39, 0.29) is 17.2 Å². The number of imide groups is 1. The standard InChI is InChI=1S/C21H19N7O4/c1-23-21(32)27(22)19(29)12-4-2-3-5-15(12)26-7-6-24-10-16(26)28-18-13-8-11(13)9-14(18)17(25-28)20(30)31/h2-7,10-11,13H,8-9,22H2,1H3,(H-,23,30,31,32)/p+1/t11-,13-/m1/s1. The molecule has 0 unspecified atom stereocenters. The maximum absolute atomic E-state index is 12.9. The summed E-state index contributed by atoms with van der Waals surface area (Å²) in [6, 6.07) is 5.93. The third-order valence-corrected chi connectivity index (χ3v) is 5.97. The van der Waals surface area contributed by atoms with Crippen molar-refractivity contribution in [3.8, 4) is 11.5 Å². The predicted octanol–water partition coefficient (Wildman–Crippen LogP) is 0.557. The monoisotopic (exact) mass is 434 g/mol. The number of carboxylic acid groups (broad SMARTS) is 1. The van der Waals surface area contributed by atoms with Gasteiger partial charge in [0.05, 0.1) is 11.8 Å². The number of para-hydroxylation sites is 1. The molecule has 0 aliphatic heterocycles. The van der Waals surface area contributed by atoms with E-state index in [1.807, 2.05) is 0 Å². The van der Waals surface area contributed by atoms with Gasteiger partial charge in [-0.1, -0.05) is 21.9 Å². The van der Waals surface area contributed by atoms with Crippen molar-refractivity contribution in [3.05, 3.63) is 65.4 Å². The number of hydrogen-bond donors (Lipinski definition) is 3. The van der Waals surface area contributed by atoms with Crippen LogP contribution in [0.4, 0.5) is 4.79 Å². The average Bonchev–Trinajstić information content (AvgIpc) is 3.31. The molecule has 3 aromatic rings. The maximum atomic E-state index is 12.9. The van der Waals surface area contributed by atoms with Crippen molar-refractivity contribution in [2.24, 2.45) is 11.8 Å². The van der Waals surface area contributed by atoms with Gasteiger partial charge in [-0.25, -0.2) is 15.4 Å². The lowest BCUT2D eigenvalue weighted by Crippen LogP contribution is -2.48. The van der Waals surface area contributed by atoms with E-state index in [4.69, 9.17) is 5.84 Å². The number of rotatable bonds is 4. The summed E-state index contributed by atoms with van der Waals surface area (Å²) < 4.78 is 3.30. The van der Waals surface area contributed by atoms with Crippen LogP contribution in [0.15, 0.2) is 42.9 Å². The summed E-state index contributed by atoms with van der Waals surface area (Å²) in [6.07, 6.45) is 6.46. The summed E-state index contributed by atoms with van der Waals surface area (Å²) >= 11 is 0. The predicted molar refractivity (Wildman–Crippen MR) is 109 cm³/mol. The van der Waals surface area contributed by atoms with Crippen molar-refractivity contribution in [1.29, 1.82) is 0 Å². The lowest BCUT2D eigenvalue weighted by molar-refractivity contribution is -0.591. The number of carboxylic acids is 1. The highest BCUT2D eigenvalue weighted by Crippen LogP contribution is 2.57. The summed E-state index contributed by atoms with van der Waals surface area (Å²) in [4.78, 5) is 40.8. The first-order chi connectivity index (χ1) is 15.4. The van der Waals surface area contributed by atoms with Gasteiger partial charge in [-0.3, -0.25) is 9.78 Å². The first-order valence-corrected chi connectivity index (χ1v) is 10.0. The van der Waals surface area contributed by atoms with Crippen LogP contribution in [0.1, 0.15) is 44.4 Å². The van der Waals surface area contributed by atoms with Crippen molar-refractivity contribution >= 4 is 17.9 Å². The molecule has 0 saturated heterocycles. The Morgan fingerprint density at radius 3 is 2.84 bits per heavy atom. The Hall–Kier alpha value is -4.12. The second-order valence-electron chi connectivity index (χ2n) is 7.79. The maximum Gasteiger partial charge on any atom is 0.358 e. The Morgan fingerprint density at radius 1 is 1.31 bits per heavy atom. The Bertz CT molecular complexity index is 1280. The van der Waals surface area contributed by atoms with E-state index in [2.05, 4.69) is 15.4 Å². The van der Waals surface area contributed by atoms with Crippen molar-refractivity contribution in [2.75, 3.05) is 7.05 Å². The van der Waals surface area contributed by atoms with E-state index in [0.717, 1.165) is 17.7 Å². The molecule has 2 heterocycles. The zero-order valence-electron chi connectivity index (χ0n) is 17.1. The zero-order valence-corrected chi connectivity index (χ0v) is 17.1. The van der Waals surface area contributed by atoms with Crippen LogP contribution >= 0.6 is 0 Å². The van der Waals surface area contributed by atoms with Crippen LogP contribution in [0.3, 0.4) is 0 Å². The van der Waals surface area contributed by atoms with E-state index < -0.39 is 17.9 Å². The number of hydrazine groups is 1. The zero-order chi connectivity index (χ0) is 22.6. The van der Waals surface area contributed by atoms with Gasteiger partial charge in [-0.2, -0.15) is 9.58 Å². The normalized spacial score (nSPS) is 17.9. The molecule has 162 valence electrons. The summed E-state index contributed by atoms with van der Waals surface area (Å²) in [5.74, 6) is 5.12. The summed E-state index contributed by atoms with van der Waals surface area (Å²) in [5.41, 5.74) is 2.30. The van der Waals surface area contributed by atoms with E-state index in [9.17, 15) is 19.5 Å². The van der Waals surface area contributed by atoms with Gasteiger partial charge in [-0.15, -0.1) is 0 Å². The largest absolute Gasteiger partial charge is 0.476 e. The number of fused-ring (bicyclic) bond motifs is 3. The fraction of sp³-hybridized carbons (Fsp3) is 0.238. The molecule has 32 heavy (non-hydrogen) atoms. The van der Waals surface area contributed by atoms with Crippen LogP contribution in [-0.4, -0.2) is 49.8 Å². The van der Waals surface area contributed by atoms with Gasteiger partial charge in [0.15, 0.2) is 5.69 Å². The first kappa shape index (κ1) is 19.8. The molecule has 2 aliphatic rings. The molecule has 11 heteroatoms. The van der Waals surface area contributed by atoms with Crippen molar-refractivity contribution < 1.29 is 24.1 Å². The van der Waals surface area contributed by atoms with Crippen LogP contribution in [0, 0.1) is 5.92 Å². The quantitative estimate of drug-likeness (QED) is 0.235. The topological polar surface area (TPSA) is 147 Å². The van der Waals surface area contributed by atoms with Crippen molar-refractivity contribution in [2.45, 2.75) is 18.8 Å². The Labute approximate surface area is 182 Å². The highest BCUT2D eigenvalue weighted by atomic mass is 16.4. The molecular weight excluding hydrogens is 414 g/mol. The Kier molecular flexibility index (Phi) is 4.48. The van der Waals surface area contributed by atoms with Gasteiger partial charge in [0.25, 0.3) is 5.91 Å². The highest BCUT2D eigenvalue weighted by molar-refractivity contribution is 6.05. The van der Waals surface area contributed by atoms with Gasteiger partial charge in [0.2, 0.25) is 0 Å². The average molecular weight is 434 g/mol. The SMILES string of the molecule is CNC(=O)N(N)C(=O)c1ccccc1-[n+]1ccncc1-n1nc(C(=O)O)c2c1[C@@H]1C[C@@H]1C2. The summed E-state index contributed by atoms with van der Waals surface area (Å²) in [5, 5.41) is 16.9. The highest BCUT2D eigenvalue weighted by Gasteiger charge is 2.53. The molecule has 1 aromatic carbocycles. The van der Waals surface area contributed by atoms with E-state index >= 15 is 0 Å². The fourth-order valence-electron chi connectivity index (χ4n) is 4.38. The minimum Gasteiger partial charge on any atom is -0.476 e. The molecule has 0 spiro atoms. The minimum absolute atomic E-state index is 0.0414. The molecule has 4 N–H and O–H groups in total. The minimum atomic E-state index is -1.07. The molecule has 5 rings (SSSR count). The molecule has 0 radical (unpaired) electrons. The number of carbonyl (C=O) groups is 3. The van der Waals surface area contributed by atoms with E-state index in [0.29, 0.717) is 28.9 Å². The summed E-state index contributed by atoms with van der Waals surface area (Å²) in [6.45, 7) is 0. The van der Waals surface area contributed by atoms with Gasteiger partial charge in [-0.05, 0) is 30.9 Å². The number of nitrogens with one attached hydrogen (secondary N) is 1. The smallest absolute Gasteiger partial charge is 0.358 e. The molecule has 1 fully saturated rings. The number of nitrogens with two attached hydrogens (primary N) is 1. The number of aromatic carboxylic acids is 1. The number of aromatic nitrogens is 4. The van der Waals surface area contributed by atoms with Gasteiger partial charge in [0.1, 0.15) is 23.8 Å². The third-order valence-electron chi connectivity index (χ3n) is 5.97. The van der Waals surface area contributed by atoms with Crippen LogP contribution in [0.25, 0.3) is 11.5 Å². The number of nitrogens with zero attached hydrogens (tertiary/aromatic N) is 5. The van der Waals surface area contributed by atoms with Crippen LogP contribution < -0.4 is 15.7 Å². The van der Waals surface area contributed by atoms with Crippen molar-refractivity contribution in [1.82, 2.24) is 25.1 Å². The molecule has 2 aromatic heterocycles. The lowest BCUT2D eigenvalue weighted by Gasteiger charge is -2.16. The molecule has 11 nitrogen and oxygen atoms in total. The molecular formula is C21H20N7O4+. The Balaban J connectivity index is 1.67. The van der Waals surface area contributed by atoms with Gasteiger partial charge >= 0.3 is 17.8 Å². The number of benzene rings is 1. The third kappa shape index (κ3) is 2.94. The fourth-order valence-corrected chi connectivity index (χ4v) is 4.38. The summed E-state index contributed by atoms with van der Waals surface area (Å²) in [7, 11) is 1.38.